The number of para-hydroxylation sites is 1. The van der Waals surface area contributed by atoms with Gasteiger partial charge in [-0.3, -0.25) is 9.59 Å². The molecule has 1 heterocycles. The molecule has 0 saturated carbocycles. The monoisotopic (exact) mass is 348 g/mol. The molecule has 0 fully saturated rings. The molecule has 24 heavy (non-hydrogen) atoms. The molecule has 7 heteroatoms. The summed E-state index contributed by atoms with van der Waals surface area (Å²) in [5.41, 5.74) is 0.853. The minimum atomic E-state index is -0.162. The number of benzene rings is 1. The Balaban J connectivity index is 2.14. The molecule has 0 aliphatic rings. The van der Waals surface area contributed by atoms with Gasteiger partial charge in [0.05, 0.1) is 24.1 Å². The molecule has 2 amide bonds. The molecule has 2 rings (SSSR count). The molecule has 0 unspecified atom stereocenters. The molecular formula is C17H20N2O4S. The van der Waals surface area contributed by atoms with Gasteiger partial charge in [-0.25, -0.2) is 0 Å². The number of carbonyl (C=O) groups excluding carboxylic acids is 2. The summed E-state index contributed by atoms with van der Waals surface area (Å²) in [5, 5.41) is 3.33. The lowest BCUT2D eigenvalue weighted by atomic mass is 10.1. The highest BCUT2D eigenvalue weighted by molar-refractivity contribution is 7.18. The maximum atomic E-state index is 12.6. The Hall–Kier alpha value is -2.54. The normalized spacial score (nSPS) is 10.2. The van der Waals surface area contributed by atoms with Crippen LogP contribution in [0, 0.1) is 0 Å². The third kappa shape index (κ3) is 4.05. The van der Waals surface area contributed by atoms with Crippen molar-refractivity contribution in [1.29, 1.82) is 0 Å². The van der Waals surface area contributed by atoms with Crippen LogP contribution in [0.5, 0.6) is 11.5 Å². The predicted octanol–water partition coefficient (Wildman–Crippen LogP) is 3.00. The van der Waals surface area contributed by atoms with Gasteiger partial charge in [-0.05, 0) is 18.2 Å². The van der Waals surface area contributed by atoms with Gasteiger partial charge < -0.3 is 19.7 Å². The van der Waals surface area contributed by atoms with E-state index >= 15 is 0 Å². The van der Waals surface area contributed by atoms with E-state index in [1.165, 1.54) is 18.3 Å². The summed E-state index contributed by atoms with van der Waals surface area (Å²) in [6.07, 6.45) is 0. The third-order valence-electron chi connectivity index (χ3n) is 3.35. The van der Waals surface area contributed by atoms with E-state index < -0.39 is 0 Å². The van der Waals surface area contributed by atoms with Crippen LogP contribution in [-0.2, 0) is 11.3 Å². The first-order valence-electron chi connectivity index (χ1n) is 7.29. The van der Waals surface area contributed by atoms with Gasteiger partial charge in [0.1, 0.15) is 0 Å². The van der Waals surface area contributed by atoms with Crippen LogP contribution < -0.4 is 14.8 Å². The van der Waals surface area contributed by atoms with E-state index in [2.05, 4.69) is 5.32 Å². The lowest BCUT2D eigenvalue weighted by Gasteiger charge is -2.19. The number of thiophene rings is 1. The van der Waals surface area contributed by atoms with Crippen LogP contribution in [0.4, 0.5) is 5.00 Å². The quantitative estimate of drug-likeness (QED) is 0.871. The molecule has 1 aromatic carbocycles. The topological polar surface area (TPSA) is 67.9 Å². The highest BCUT2D eigenvalue weighted by Crippen LogP contribution is 2.32. The number of nitrogens with zero attached hydrogens (tertiary/aromatic N) is 1. The fourth-order valence-electron chi connectivity index (χ4n) is 2.29. The Kier molecular flexibility index (Phi) is 5.81. The Morgan fingerprint density at radius 2 is 1.92 bits per heavy atom. The lowest BCUT2D eigenvalue weighted by molar-refractivity contribution is -0.114. The number of anilines is 1. The van der Waals surface area contributed by atoms with Crippen LogP contribution in [0.1, 0.15) is 22.2 Å². The van der Waals surface area contributed by atoms with Crippen molar-refractivity contribution in [3.05, 3.63) is 40.8 Å². The minimum Gasteiger partial charge on any atom is -0.493 e. The van der Waals surface area contributed by atoms with Gasteiger partial charge in [-0.1, -0.05) is 12.1 Å². The maximum absolute atomic E-state index is 12.6. The molecule has 0 bridgehead atoms. The molecule has 1 aromatic heterocycles. The summed E-state index contributed by atoms with van der Waals surface area (Å²) < 4.78 is 10.7. The van der Waals surface area contributed by atoms with Gasteiger partial charge in [0, 0.05) is 26.1 Å². The van der Waals surface area contributed by atoms with E-state index in [9.17, 15) is 9.59 Å². The van der Waals surface area contributed by atoms with Crippen molar-refractivity contribution in [2.75, 3.05) is 26.6 Å². The number of amides is 2. The Morgan fingerprint density at radius 1 is 1.17 bits per heavy atom. The van der Waals surface area contributed by atoms with Crippen LogP contribution in [0.15, 0.2) is 30.3 Å². The molecule has 0 aliphatic carbocycles. The van der Waals surface area contributed by atoms with Crippen molar-refractivity contribution in [3.63, 3.8) is 0 Å². The van der Waals surface area contributed by atoms with E-state index in [4.69, 9.17) is 9.47 Å². The van der Waals surface area contributed by atoms with Crippen molar-refractivity contribution >= 4 is 28.2 Å². The van der Waals surface area contributed by atoms with Gasteiger partial charge in [-0.2, -0.15) is 0 Å². The second-order valence-corrected chi connectivity index (χ2v) is 6.24. The molecule has 1 N–H and O–H groups in total. The molecule has 6 nitrogen and oxygen atoms in total. The maximum Gasteiger partial charge on any atom is 0.264 e. The highest BCUT2D eigenvalue weighted by Gasteiger charge is 2.18. The Labute approximate surface area is 145 Å². The van der Waals surface area contributed by atoms with Crippen LogP contribution >= 0.6 is 11.3 Å². The Bertz CT molecular complexity index is 742. The first-order valence-corrected chi connectivity index (χ1v) is 8.10. The van der Waals surface area contributed by atoms with E-state index in [-0.39, 0.29) is 11.8 Å². The molecule has 0 saturated heterocycles. The molecule has 2 aromatic rings. The second kappa shape index (κ2) is 7.83. The van der Waals surface area contributed by atoms with Gasteiger partial charge in [0.25, 0.3) is 5.91 Å². The summed E-state index contributed by atoms with van der Waals surface area (Å²) in [6, 6.07) is 8.98. The smallest absolute Gasteiger partial charge is 0.264 e. The summed E-state index contributed by atoms with van der Waals surface area (Å²) >= 11 is 1.25. The van der Waals surface area contributed by atoms with Crippen LogP contribution in [0.3, 0.4) is 0 Å². The first-order chi connectivity index (χ1) is 11.5. The fraction of sp³-hybridized carbons (Fsp3) is 0.294. The zero-order valence-corrected chi connectivity index (χ0v) is 14.9. The average Bonchev–Trinajstić information content (AvgIpc) is 3.01. The van der Waals surface area contributed by atoms with E-state index in [0.29, 0.717) is 27.9 Å². The number of ether oxygens (including phenoxy) is 2. The predicted molar refractivity (Wildman–Crippen MR) is 94.0 cm³/mol. The van der Waals surface area contributed by atoms with Crippen molar-refractivity contribution in [2.24, 2.45) is 0 Å². The van der Waals surface area contributed by atoms with Gasteiger partial charge in [0.15, 0.2) is 11.5 Å². The summed E-state index contributed by atoms with van der Waals surface area (Å²) in [7, 11) is 4.87. The summed E-state index contributed by atoms with van der Waals surface area (Å²) in [5.74, 6) is 0.955. The zero-order chi connectivity index (χ0) is 17.7. The molecule has 0 radical (unpaired) electrons. The van der Waals surface area contributed by atoms with E-state index in [1.807, 2.05) is 18.2 Å². The van der Waals surface area contributed by atoms with Crippen molar-refractivity contribution in [3.8, 4) is 11.5 Å². The number of methoxy groups -OCH3 is 2. The highest BCUT2D eigenvalue weighted by atomic mass is 32.1. The number of carbonyl (C=O) groups is 2. The van der Waals surface area contributed by atoms with Gasteiger partial charge in [-0.15, -0.1) is 11.3 Å². The SMILES string of the molecule is COc1cccc(CN(C)C(=O)c2ccc(NC(C)=O)s2)c1OC. The van der Waals surface area contributed by atoms with Gasteiger partial charge in [0.2, 0.25) is 5.91 Å². The third-order valence-corrected chi connectivity index (χ3v) is 4.34. The molecular weight excluding hydrogens is 328 g/mol. The van der Waals surface area contributed by atoms with E-state index in [0.717, 1.165) is 5.56 Å². The number of rotatable bonds is 6. The van der Waals surface area contributed by atoms with Crippen molar-refractivity contribution in [2.45, 2.75) is 13.5 Å². The summed E-state index contributed by atoms with van der Waals surface area (Å²) in [4.78, 5) is 25.8. The van der Waals surface area contributed by atoms with Crippen molar-refractivity contribution < 1.29 is 19.1 Å². The number of nitrogens with one attached hydrogen (secondary N) is 1. The van der Waals surface area contributed by atoms with Crippen molar-refractivity contribution in [1.82, 2.24) is 4.90 Å². The lowest BCUT2D eigenvalue weighted by Crippen LogP contribution is -2.25. The van der Waals surface area contributed by atoms with Crippen LogP contribution in [-0.4, -0.2) is 38.0 Å². The molecule has 0 spiro atoms. The molecule has 0 atom stereocenters. The number of hydrogen-bond donors (Lipinski definition) is 1. The average molecular weight is 348 g/mol. The standard InChI is InChI=1S/C17H20N2O4S/c1-11(20)18-15-9-8-14(24-15)17(21)19(2)10-12-6-5-7-13(22-3)16(12)23-4/h5-9H,10H2,1-4H3,(H,18,20). The van der Waals surface area contributed by atoms with E-state index in [1.54, 1.807) is 38.3 Å². The molecule has 128 valence electrons. The Morgan fingerprint density at radius 3 is 2.54 bits per heavy atom. The molecule has 0 aliphatic heterocycles. The van der Waals surface area contributed by atoms with Gasteiger partial charge >= 0.3 is 0 Å². The number of hydrogen-bond acceptors (Lipinski definition) is 5. The summed E-state index contributed by atoms with van der Waals surface area (Å²) in [6.45, 7) is 1.81. The van der Waals surface area contributed by atoms with Crippen LogP contribution in [0.2, 0.25) is 0 Å². The minimum absolute atomic E-state index is 0.124. The second-order valence-electron chi connectivity index (χ2n) is 5.16. The van der Waals surface area contributed by atoms with Crippen LogP contribution in [0.25, 0.3) is 0 Å². The first kappa shape index (κ1) is 17.8. The zero-order valence-electron chi connectivity index (χ0n) is 14.1. The largest absolute Gasteiger partial charge is 0.493 e. The fourth-order valence-corrected chi connectivity index (χ4v) is 3.23.